The Bertz CT molecular complexity index is 949. The first kappa shape index (κ1) is 17.3. The lowest BCUT2D eigenvalue weighted by molar-refractivity contribution is -0.128. The highest BCUT2D eigenvalue weighted by Crippen LogP contribution is 2.29. The molecule has 2 aromatic carbocycles. The summed E-state index contributed by atoms with van der Waals surface area (Å²) in [6.07, 6.45) is 0.400. The molecule has 0 bridgehead atoms. The van der Waals surface area contributed by atoms with Gasteiger partial charge in [-0.05, 0) is 36.8 Å². The predicted molar refractivity (Wildman–Crippen MR) is 100 cm³/mol. The van der Waals surface area contributed by atoms with E-state index in [2.05, 4.69) is 10.1 Å². The molecule has 0 saturated carbocycles. The molecule has 6 nitrogen and oxygen atoms in total. The van der Waals surface area contributed by atoms with Gasteiger partial charge in [0.25, 0.3) is 5.89 Å². The lowest BCUT2D eigenvalue weighted by Crippen LogP contribution is -2.24. The molecule has 0 spiro atoms. The summed E-state index contributed by atoms with van der Waals surface area (Å²) in [6, 6.07) is 15.7. The van der Waals surface area contributed by atoms with Crippen LogP contribution >= 0.6 is 0 Å². The van der Waals surface area contributed by atoms with Crippen molar-refractivity contribution in [2.24, 2.45) is 0 Å². The molecule has 4 rings (SSSR count). The van der Waals surface area contributed by atoms with Crippen LogP contribution in [-0.2, 0) is 11.3 Å². The Morgan fingerprint density at radius 1 is 1.22 bits per heavy atom. The number of ether oxygens (including phenoxy) is 1. The lowest BCUT2D eigenvalue weighted by Gasteiger charge is -2.16. The van der Waals surface area contributed by atoms with E-state index in [1.165, 1.54) is 5.56 Å². The highest BCUT2D eigenvalue weighted by molar-refractivity contribution is 5.79. The van der Waals surface area contributed by atoms with Crippen LogP contribution in [0.15, 0.2) is 53.1 Å². The average molecular weight is 363 g/mol. The summed E-state index contributed by atoms with van der Waals surface area (Å²) in [5.41, 5.74) is 3.10. The average Bonchev–Trinajstić information content (AvgIpc) is 3.30. The summed E-state index contributed by atoms with van der Waals surface area (Å²) >= 11 is 0. The van der Waals surface area contributed by atoms with E-state index in [0.29, 0.717) is 31.2 Å². The van der Waals surface area contributed by atoms with E-state index in [1.54, 1.807) is 7.11 Å². The molecule has 3 aromatic rings. The fourth-order valence-corrected chi connectivity index (χ4v) is 3.30. The van der Waals surface area contributed by atoms with Gasteiger partial charge >= 0.3 is 0 Å². The largest absolute Gasteiger partial charge is 0.497 e. The maximum Gasteiger partial charge on any atom is 0.257 e. The summed E-state index contributed by atoms with van der Waals surface area (Å²) in [7, 11) is 1.64. The van der Waals surface area contributed by atoms with Crippen LogP contribution < -0.4 is 4.74 Å². The smallest absolute Gasteiger partial charge is 0.257 e. The molecule has 1 unspecified atom stereocenters. The van der Waals surface area contributed by atoms with Crippen molar-refractivity contribution >= 4 is 5.91 Å². The van der Waals surface area contributed by atoms with Gasteiger partial charge in [-0.25, -0.2) is 0 Å². The number of hydrogen-bond acceptors (Lipinski definition) is 5. The predicted octanol–water partition coefficient (Wildman–Crippen LogP) is 3.57. The lowest BCUT2D eigenvalue weighted by atomic mass is 10.1. The molecule has 0 aliphatic carbocycles. The molecule has 1 saturated heterocycles. The number of carbonyl (C=O) groups is 1. The molecule has 0 N–H and O–H groups in total. The van der Waals surface area contributed by atoms with Crippen molar-refractivity contribution in [3.05, 3.63) is 65.5 Å². The normalized spacial score (nSPS) is 16.7. The van der Waals surface area contributed by atoms with Crippen molar-refractivity contribution in [1.29, 1.82) is 0 Å². The van der Waals surface area contributed by atoms with Crippen molar-refractivity contribution in [2.45, 2.75) is 25.8 Å². The molecule has 138 valence electrons. The van der Waals surface area contributed by atoms with Crippen molar-refractivity contribution in [3.8, 4) is 17.2 Å². The first-order chi connectivity index (χ1) is 13.1. The number of aryl methyl sites for hydroxylation is 1. The van der Waals surface area contributed by atoms with Gasteiger partial charge < -0.3 is 14.2 Å². The monoisotopic (exact) mass is 363 g/mol. The van der Waals surface area contributed by atoms with Crippen LogP contribution in [0.4, 0.5) is 0 Å². The number of likely N-dealkylation sites (tertiary alicyclic amines) is 1. The minimum atomic E-state index is -0.0499. The minimum Gasteiger partial charge on any atom is -0.497 e. The Morgan fingerprint density at radius 3 is 2.81 bits per heavy atom. The fraction of sp³-hybridized carbons (Fsp3) is 0.286. The van der Waals surface area contributed by atoms with Crippen LogP contribution in [0.1, 0.15) is 29.3 Å². The van der Waals surface area contributed by atoms with Crippen LogP contribution in [0.5, 0.6) is 5.75 Å². The van der Waals surface area contributed by atoms with Gasteiger partial charge in [0.2, 0.25) is 5.91 Å². The number of methoxy groups -OCH3 is 1. The number of carbonyl (C=O) groups excluding carboxylic acids is 1. The zero-order chi connectivity index (χ0) is 18.8. The molecule has 1 fully saturated rings. The Balaban J connectivity index is 1.46. The number of amides is 1. The van der Waals surface area contributed by atoms with Crippen molar-refractivity contribution in [3.63, 3.8) is 0 Å². The highest BCUT2D eigenvalue weighted by Gasteiger charge is 2.33. The van der Waals surface area contributed by atoms with Gasteiger partial charge in [-0.1, -0.05) is 35.0 Å². The Labute approximate surface area is 157 Å². The quantitative estimate of drug-likeness (QED) is 0.693. The van der Waals surface area contributed by atoms with Gasteiger partial charge in [-0.15, -0.1) is 0 Å². The van der Waals surface area contributed by atoms with E-state index in [0.717, 1.165) is 16.9 Å². The van der Waals surface area contributed by atoms with E-state index in [9.17, 15) is 4.79 Å². The standard InChI is InChI=1S/C21H21N3O3/c1-14-6-8-16(9-7-14)21-22-20(23-27-21)17-11-19(25)24(13-17)12-15-4-3-5-18(10-15)26-2/h3-10,17H,11-13H2,1-2H3. The van der Waals surface area contributed by atoms with Crippen molar-refractivity contribution < 1.29 is 14.1 Å². The second-order valence-electron chi connectivity index (χ2n) is 6.85. The number of benzene rings is 2. The molecule has 0 radical (unpaired) electrons. The van der Waals surface area contributed by atoms with E-state index >= 15 is 0 Å². The first-order valence-electron chi connectivity index (χ1n) is 8.94. The summed E-state index contributed by atoms with van der Waals surface area (Å²) in [5.74, 6) is 1.92. The Kier molecular flexibility index (Phi) is 4.62. The summed E-state index contributed by atoms with van der Waals surface area (Å²) < 4.78 is 10.7. The van der Waals surface area contributed by atoms with Gasteiger partial charge in [0.05, 0.1) is 7.11 Å². The van der Waals surface area contributed by atoms with Crippen molar-refractivity contribution in [2.75, 3.05) is 13.7 Å². The molecule has 1 aromatic heterocycles. The topological polar surface area (TPSA) is 68.5 Å². The highest BCUT2D eigenvalue weighted by atomic mass is 16.5. The molecule has 1 amide bonds. The number of hydrogen-bond donors (Lipinski definition) is 0. The second kappa shape index (κ2) is 7.23. The fourth-order valence-electron chi connectivity index (χ4n) is 3.30. The van der Waals surface area contributed by atoms with E-state index < -0.39 is 0 Å². The van der Waals surface area contributed by atoms with E-state index in [1.807, 2.05) is 60.4 Å². The van der Waals surface area contributed by atoms with Crippen molar-refractivity contribution in [1.82, 2.24) is 15.0 Å². The van der Waals surface area contributed by atoms with Crippen LogP contribution in [-0.4, -0.2) is 34.6 Å². The Morgan fingerprint density at radius 2 is 2.04 bits per heavy atom. The summed E-state index contributed by atoms with van der Waals surface area (Å²) in [6.45, 7) is 3.17. The number of nitrogens with zero attached hydrogens (tertiary/aromatic N) is 3. The Hall–Kier alpha value is -3.15. The maximum atomic E-state index is 12.4. The maximum absolute atomic E-state index is 12.4. The van der Waals surface area contributed by atoms with Gasteiger partial charge in [-0.2, -0.15) is 4.98 Å². The molecule has 2 heterocycles. The van der Waals surface area contributed by atoms with E-state index in [-0.39, 0.29) is 11.8 Å². The summed E-state index contributed by atoms with van der Waals surface area (Å²) in [5, 5.41) is 4.12. The molecular weight excluding hydrogens is 342 g/mol. The van der Waals surface area contributed by atoms with Gasteiger partial charge in [0, 0.05) is 31.0 Å². The van der Waals surface area contributed by atoms with Gasteiger partial charge in [0.15, 0.2) is 5.82 Å². The molecule has 1 atom stereocenters. The number of aromatic nitrogens is 2. The molecule has 6 heteroatoms. The minimum absolute atomic E-state index is 0.0499. The second-order valence-corrected chi connectivity index (χ2v) is 6.85. The zero-order valence-corrected chi connectivity index (χ0v) is 15.4. The van der Waals surface area contributed by atoms with Crippen LogP contribution in [0.3, 0.4) is 0 Å². The van der Waals surface area contributed by atoms with Gasteiger partial charge in [0.1, 0.15) is 5.75 Å². The summed E-state index contributed by atoms with van der Waals surface area (Å²) in [4.78, 5) is 18.8. The number of rotatable bonds is 5. The molecule has 1 aliphatic heterocycles. The van der Waals surface area contributed by atoms with Crippen LogP contribution in [0.25, 0.3) is 11.5 Å². The third kappa shape index (κ3) is 3.69. The molecule has 1 aliphatic rings. The van der Waals surface area contributed by atoms with Gasteiger partial charge in [-0.3, -0.25) is 4.79 Å². The first-order valence-corrected chi connectivity index (χ1v) is 8.94. The zero-order valence-electron chi connectivity index (χ0n) is 15.4. The molecular formula is C21H21N3O3. The third-order valence-corrected chi connectivity index (χ3v) is 4.83. The van der Waals surface area contributed by atoms with Crippen LogP contribution in [0.2, 0.25) is 0 Å². The van der Waals surface area contributed by atoms with E-state index in [4.69, 9.17) is 9.26 Å². The molecule has 27 heavy (non-hydrogen) atoms. The SMILES string of the molecule is COc1cccc(CN2CC(c3noc(-c4ccc(C)cc4)n3)CC2=O)c1. The van der Waals surface area contributed by atoms with Crippen LogP contribution in [0, 0.1) is 6.92 Å². The third-order valence-electron chi connectivity index (χ3n) is 4.83.